The molecule has 1 aliphatic rings. The highest BCUT2D eigenvalue weighted by Gasteiger charge is 2.18. The van der Waals surface area contributed by atoms with Gasteiger partial charge in [0.25, 0.3) is 0 Å². The van der Waals surface area contributed by atoms with E-state index in [4.69, 9.17) is 11.6 Å². The summed E-state index contributed by atoms with van der Waals surface area (Å²) in [5, 5.41) is 0. The average Bonchev–Trinajstić information content (AvgIpc) is 2.56. The molecular weight excluding hydrogens is 228 g/mol. The van der Waals surface area contributed by atoms with Gasteiger partial charge >= 0.3 is 0 Å². The van der Waals surface area contributed by atoms with Gasteiger partial charge in [-0.15, -0.1) is 11.6 Å². The van der Waals surface area contributed by atoms with E-state index >= 15 is 0 Å². The van der Waals surface area contributed by atoms with E-state index in [0.717, 1.165) is 25.9 Å². The zero-order valence-corrected chi connectivity index (χ0v) is 10.5. The van der Waals surface area contributed by atoms with Crippen molar-refractivity contribution >= 4 is 23.4 Å². The third-order valence-electron chi connectivity index (χ3n) is 2.87. The topological polar surface area (TPSA) is 40.6 Å². The van der Waals surface area contributed by atoms with Gasteiger partial charge in [0.15, 0.2) is 0 Å². The Morgan fingerprint density at radius 3 is 2.25 bits per heavy atom. The van der Waals surface area contributed by atoms with Crippen molar-refractivity contribution in [2.24, 2.45) is 0 Å². The highest BCUT2D eigenvalue weighted by molar-refractivity contribution is 6.27. The number of carbonyl (C=O) groups is 2. The first-order valence-electron chi connectivity index (χ1n) is 5.73. The monoisotopic (exact) mass is 246 g/mol. The molecule has 0 radical (unpaired) electrons. The Bertz CT molecular complexity index is 250. The molecule has 1 aliphatic heterocycles. The number of carbonyl (C=O) groups excluding carboxylic acids is 2. The van der Waals surface area contributed by atoms with E-state index < -0.39 is 0 Å². The van der Waals surface area contributed by atoms with Crippen molar-refractivity contribution in [2.45, 2.75) is 25.7 Å². The fourth-order valence-corrected chi connectivity index (χ4v) is 2.02. The van der Waals surface area contributed by atoms with Crippen molar-refractivity contribution < 1.29 is 9.59 Å². The number of alkyl halides is 1. The molecule has 0 aromatic rings. The predicted molar refractivity (Wildman–Crippen MR) is 63.4 cm³/mol. The molecule has 0 N–H and O–H groups in total. The van der Waals surface area contributed by atoms with E-state index in [1.165, 1.54) is 17.7 Å². The van der Waals surface area contributed by atoms with Crippen molar-refractivity contribution in [3.63, 3.8) is 0 Å². The van der Waals surface area contributed by atoms with Crippen LogP contribution in [-0.4, -0.2) is 54.2 Å². The number of rotatable bonds is 3. The van der Waals surface area contributed by atoms with Crippen LogP contribution in [0.4, 0.5) is 0 Å². The van der Waals surface area contributed by atoms with Crippen LogP contribution in [0.1, 0.15) is 25.7 Å². The number of likely N-dealkylation sites (N-methyl/N-ethyl adjacent to an activating group) is 1. The van der Waals surface area contributed by atoms with Crippen LogP contribution in [0.2, 0.25) is 0 Å². The zero-order valence-electron chi connectivity index (χ0n) is 9.75. The maximum Gasteiger partial charge on any atom is 0.242 e. The molecule has 0 aromatic carbocycles. The normalized spacial score (nSPS) is 16.8. The molecule has 0 aliphatic carbocycles. The molecule has 1 fully saturated rings. The summed E-state index contributed by atoms with van der Waals surface area (Å²) in [6.45, 7) is 1.79. The molecule has 0 atom stereocenters. The lowest BCUT2D eigenvalue weighted by atomic mass is 10.2. The van der Waals surface area contributed by atoms with Crippen molar-refractivity contribution in [2.75, 3.05) is 32.6 Å². The molecule has 1 saturated heterocycles. The summed E-state index contributed by atoms with van der Waals surface area (Å²) in [4.78, 5) is 26.3. The van der Waals surface area contributed by atoms with Crippen LogP contribution in [0.3, 0.4) is 0 Å². The lowest BCUT2D eigenvalue weighted by Gasteiger charge is -2.23. The summed E-state index contributed by atoms with van der Waals surface area (Å²) in [6, 6.07) is 0. The summed E-state index contributed by atoms with van der Waals surface area (Å²) < 4.78 is 0. The Morgan fingerprint density at radius 1 is 1.19 bits per heavy atom. The highest BCUT2D eigenvalue weighted by Crippen LogP contribution is 2.09. The quantitative estimate of drug-likeness (QED) is 0.700. The number of nitrogens with zero attached hydrogens (tertiary/aromatic N) is 2. The number of hydrogen-bond donors (Lipinski definition) is 0. The summed E-state index contributed by atoms with van der Waals surface area (Å²) in [7, 11) is 1.61. The lowest BCUT2D eigenvalue weighted by molar-refractivity contribution is -0.138. The molecule has 0 aromatic heterocycles. The average molecular weight is 247 g/mol. The van der Waals surface area contributed by atoms with Crippen LogP contribution in [0.5, 0.6) is 0 Å². The van der Waals surface area contributed by atoms with E-state index in [0.29, 0.717) is 0 Å². The largest absolute Gasteiger partial charge is 0.341 e. The number of amides is 2. The summed E-state index contributed by atoms with van der Waals surface area (Å²) >= 11 is 5.43. The Hall–Kier alpha value is -0.770. The molecule has 0 spiro atoms. The van der Waals surface area contributed by atoms with Crippen LogP contribution < -0.4 is 0 Å². The van der Waals surface area contributed by atoms with Gasteiger partial charge in [0.2, 0.25) is 11.8 Å². The number of likely N-dealkylation sites (tertiary alicyclic amines) is 1. The summed E-state index contributed by atoms with van der Waals surface area (Å²) in [5.74, 6) is -0.239. The maximum absolute atomic E-state index is 11.9. The Balaban J connectivity index is 2.41. The van der Waals surface area contributed by atoms with E-state index in [1.807, 2.05) is 4.90 Å². The lowest BCUT2D eigenvalue weighted by Crippen LogP contribution is -2.41. The maximum atomic E-state index is 11.9. The minimum atomic E-state index is -0.204. The predicted octanol–water partition coefficient (Wildman–Crippen LogP) is 1.09. The molecule has 0 bridgehead atoms. The molecule has 5 heteroatoms. The van der Waals surface area contributed by atoms with Gasteiger partial charge in [0.1, 0.15) is 5.88 Å². The molecule has 0 unspecified atom stereocenters. The van der Waals surface area contributed by atoms with Gasteiger partial charge in [-0.25, -0.2) is 0 Å². The standard InChI is InChI=1S/C11H19ClN2O2/c1-13(10(15)8-12)9-11(16)14-6-4-2-3-5-7-14/h2-9H2,1H3. The molecule has 1 rings (SSSR count). The third kappa shape index (κ3) is 4.00. The minimum absolute atomic E-state index is 0.0304. The van der Waals surface area contributed by atoms with Crippen LogP contribution in [0, 0.1) is 0 Å². The zero-order chi connectivity index (χ0) is 12.0. The van der Waals surface area contributed by atoms with E-state index in [-0.39, 0.29) is 24.2 Å². The first kappa shape index (κ1) is 13.3. The second-order valence-corrected chi connectivity index (χ2v) is 4.45. The van der Waals surface area contributed by atoms with Crippen molar-refractivity contribution in [3.05, 3.63) is 0 Å². The molecule has 4 nitrogen and oxygen atoms in total. The van der Waals surface area contributed by atoms with Crippen LogP contribution in [-0.2, 0) is 9.59 Å². The van der Waals surface area contributed by atoms with Crippen molar-refractivity contribution in [3.8, 4) is 0 Å². The highest BCUT2D eigenvalue weighted by atomic mass is 35.5. The van der Waals surface area contributed by atoms with Gasteiger partial charge in [-0.3, -0.25) is 9.59 Å². The smallest absolute Gasteiger partial charge is 0.242 e. The van der Waals surface area contributed by atoms with Crippen LogP contribution in [0.25, 0.3) is 0 Å². The van der Waals surface area contributed by atoms with Crippen LogP contribution in [0.15, 0.2) is 0 Å². The molecule has 0 saturated carbocycles. The van der Waals surface area contributed by atoms with Gasteiger partial charge in [0, 0.05) is 20.1 Å². The minimum Gasteiger partial charge on any atom is -0.341 e. The summed E-state index contributed by atoms with van der Waals surface area (Å²) in [5.41, 5.74) is 0. The van der Waals surface area contributed by atoms with Gasteiger partial charge in [-0.05, 0) is 12.8 Å². The number of hydrogen-bond acceptors (Lipinski definition) is 2. The molecule has 2 amide bonds. The first-order chi connectivity index (χ1) is 7.65. The van der Waals surface area contributed by atoms with Crippen molar-refractivity contribution in [1.82, 2.24) is 9.80 Å². The fourth-order valence-electron chi connectivity index (χ4n) is 1.81. The Labute approximate surface area is 102 Å². The molecule has 16 heavy (non-hydrogen) atoms. The summed E-state index contributed by atoms with van der Waals surface area (Å²) in [6.07, 6.45) is 4.53. The molecule has 1 heterocycles. The van der Waals surface area contributed by atoms with Crippen LogP contribution >= 0.6 is 11.6 Å². The van der Waals surface area contributed by atoms with Gasteiger partial charge in [-0.2, -0.15) is 0 Å². The van der Waals surface area contributed by atoms with E-state index in [1.54, 1.807) is 7.05 Å². The SMILES string of the molecule is CN(CC(=O)N1CCCCCC1)C(=O)CCl. The Morgan fingerprint density at radius 2 is 1.75 bits per heavy atom. The fraction of sp³-hybridized carbons (Fsp3) is 0.818. The third-order valence-corrected chi connectivity index (χ3v) is 3.10. The van der Waals surface area contributed by atoms with E-state index in [9.17, 15) is 9.59 Å². The van der Waals surface area contributed by atoms with Gasteiger partial charge in [0.05, 0.1) is 6.54 Å². The second kappa shape index (κ2) is 6.74. The second-order valence-electron chi connectivity index (χ2n) is 4.18. The molecule has 92 valence electrons. The number of halogens is 1. The van der Waals surface area contributed by atoms with Gasteiger partial charge < -0.3 is 9.80 Å². The molecular formula is C11H19ClN2O2. The van der Waals surface area contributed by atoms with Gasteiger partial charge in [-0.1, -0.05) is 12.8 Å². The van der Waals surface area contributed by atoms with Crippen molar-refractivity contribution in [1.29, 1.82) is 0 Å². The Kier molecular flexibility index (Phi) is 5.60. The first-order valence-corrected chi connectivity index (χ1v) is 6.26. The van der Waals surface area contributed by atoms with E-state index in [2.05, 4.69) is 0 Å².